The van der Waals surface area contributed by atoms with Gasteiger partial charge in [-0.15, -0.1) is 0 Å². The van der Waals surface area contributed by atoms with Crippen LogP contribution < -0.4 is 10.6 Å². The zero-order valence-corrected chi connectivity index (χ0v) is 10.1. The van der Waals surface area contributed by atoms with Crippen molar-refractivity contribution >= 4 is 23.8 Å². The number of aromatic hydroxyl groups is 1. The predicted octanol–water partition coefficient (Wildman–Crippen LogP) is -0.0727. The molecule has 0 radical (unpaired) electrons. The zero-order valence-electron chi connectivity index (χ0n) is 10.1. The van der Waals surface area contributed by atoms with Gasteiger partial charge in [-0.3, -0.25) is 25.2 Å². The number of amides is 3. The van der Waals surface area contributed by atoms with Crippen LogP contribution >= 0.6 is 0 Å². The summed E-state index contributed by atoms with van der Waals surface area (Å²) in [6.45, 7) is 0.0247. The fraction of sp³-hybridized carbons (Fsp3) is 0.182. The number of nitro benzene ring substituents is 1. The van der Waals surface area contributed by atoms with Crippen molar-refractivity contribution in [1.82, 2.24) is 10.6 Å². The number of non-ortho nitro benzene ring substituents is 1. The van der Waals surface area contributed by atoms with Gasteiger partial charge >= 0.3 is 6.03 Å². The third kappa shape index (κ3) is 2.88. The van der Waals surface area contributed by atoms with Gasteiger partial charge in [0.2, 0.25) is 0 Å². The van der Waals surface area contributed by atoms with Crippen LogP contribution in [0.1, 0.15) is 5.56 Å². The zero-order chi connectivity index (χ0) is 14.7. The van der Waals surface area contributed by atoms with Crippen LogP contribution in [-0.4, -0.2) is 40.8 Å². The molecule has 1 atom stereocenters. The number of phenolic OH excluding ortho intramolecular Hbond substituents is 1. The van der Waals surface area contributed by atoms with Crippen LogP contribution in [0.4, 0.5) is 10.5 Å². The van der Waals surface area contributed by atoms with Crippen molar-refractivity contribution in [2.75, 3.05) is 6.54 Å². The second-order valence-electron chi connectivity index (χ2n) is 3.99. The average molecular weight is 278 g/mol. The molecule has 0 aliphatic carbocycles. The Balaban J connectivity index is 2.19. The predicted molar refractivity (Wildman–Crippen MR) is 67.7 cm³/mol. The number of aliphatic imine (C=N–C) groups is 1. The number of hydrogen-bond acceptors (Lipinski definition) is 6. The Morgan fingerprint density at radius 1 is 1.45 bits per heavy atom. The van der Waals surface area contributed by atoms with Crippen molar-refractivity contribution in [3.8, 4) is 5.75 Å². The fourth-order valence-corrected chi connectivity index (χ4v) is 1.57. The molecule has 1 aliphatic heterocycles. The fourth-order valence-electron chi connectivity index (χ4n) is 1.57. The molecular weight excluding hydrogens is 268 g/mol. The summed E-state index contributed by atoms with van der Waals surface area (Å²) in [5, 5.41) is 24.6. The van der Waals surface area contributed by atoms with E-state index in [0.717, 1.165) is 18.3 Å². The molecule has 9 nitrogen and oxygen atoms in total. The van der Waals surface area contributed by atoms with Gasteiger partial charge in [0, 0.05) is 23.9 Å². The summed E-state index contributed by atoms with van der Waals surface area (Å²) in [7, 11) is 0. The molecule has 9 heteroatoms. The summed E-state index contributed by atoms with van der Waals surface area (Å²) < 4.78 is 0. The standard InChI is InChI=1S/C11H10N4O5/c16-9-2-1-7(15(19)20)3-6(9)4-12-8-5-13-11(18)14-10(8)17/h1-4,8,16H,5H2,(H2,13,14,17,18). The highest BCUT2D eigenvalue weighted by Crippen LogP contribution is 2.21. The Bertz CT molecular complexity index is 613. The van der Waals surface area contributed by atoms with Gasteiger partial charge in [0.25, 0.3) is 11.6 Å². The number of imide groups is 1. The normalized spacial score (nSPS) is 18.7. The minimum absolute atomic E-state index is 0.0247. The largest absolute Gasteiger partial charge is 0.507 e. The number of nitrogens with zero attached hydrogens (tertiary/aromatic N) is 2. The third-order valence-corrected chi connectivity index (χ3v) is 2.61. The Hall–Kier alpha value is -2.97. The highest BCUT2D eigenvalue weighted by molar-refractivity contribution is 6.00. The second-order valence-corrected chi connectivity index (χ2v) is 3.99. The first-order chi connectivity index (χ1) is 9.47. The summed E-state index contributed by atoms with van der Waals surface area (Å²) in [5.41, 5.74) is -0.0884. The lowest BCUT2D eigenvalue weighted by Gasteiger charge is -2.18. The van der Waals surface area contributed by atoms with Gasteiger partial charge in [-0.2, -0.15) is 0 Å². The molecule has 104 valence electrons. The molecule has 1 saturated heterocycles. The Labute approximate surface area is 112 Å². The number of phenols is 1. The number of carbonyl (C=O) groups excluding carboxylic acids is 2. The Morgan fingerprint density at radius 2 is 2.20 bits per heavy atom. The third-order valence-electron chi connectivity index (χ3n) is 2.61. The molecule has 3 N–H and O–H groups in total. The lowest BCUT2D eigenvalue weighted by Crippen LogP contribution is -2.54. The van der Waals surface area contributed by atoms with E-state index >= 15 is 0 Å². The van der Waals surface area contributed by atoms with E-state index in [9.17, 15) is 24.8 Å². The van der Waals surface area contributed by atoms with Gasteiger partial charge in [0.05, 0.1) is 11.5 Å². The first kappa shape index (κ1) is 13.5. The number of urea groups is 1. The summed E-state index contributed by atoms with van der Waals surface area (Å²) in [4.78, 5) is 36.2. The molecular formula is C11H10N4O5. The molecule has 1 unspecified atom stereocenters. The summed E-state index contributed by atoms with van der Waals surface area (Å²) in [6, 6.07) is 2.02. The first-order valence-electron chi connectivity index (χ1n) is 5.56. The van der Waals surface area contributed by atoms with Crippen molar-refractivity contribution < 1.29 is 19.6 Å². The molecule has 1 aromatic carbocycles. The van der Waals surface area contributed by atoms with E-state index in [4.69, 9.17) is 0 Å². The van der Waals surface area contributed by atoms with E-state index in [2.05, 4.69) is 10.3 Å². The summed E-state index contributed by atoms with van der Waals surface area (Å²) in [5.74, 6) is -0.769. The molecule has 2 rings (SSSR count). The summed E-state index contributed by atoms with van der Waals surface area (Å²) in [6.07, 6.45) is 1.16. The van der Waals surface area contributed by atoms with Crippen LogP contribution in [0.2, 0.25) is 0 Å². The van der Waals surface area contributed by atoms with Crippen molar-refractivity contribution in [3.05, 3.63) is 33.9 Å². The maximum atomic E-state index is 11.4. The monoisotopic (exact) mass is 278 g/mol. The number of benzene rings is 1. The van der Waals surface area contributed by atoms with Crippen LogP contribution in [-0.2, 0) is 4.79 Å². The molecule has 0 bridgehead atoms. The van der Waals surface area contributed by atoms with E-state index in [1.54, 1.807) is 0 Å². The van der Waals surface area contributed by atoms with E-state index in [0.29, 0.717) is 0 Å². The highest BCUT2D eigenvalue weighted by atomic mass is 16.6. The maximum absolute atomic E-state index is 11.4. The molecule has 1 aromatic rings. The van der Waals surface area contributed by atoms with Crippen LogP contribution in [0, 0.1) is 10.1 Å². The van der Waals surface area contributed by atoms with Gasteiger partial charge < -0.3 is 10.4 Å². The number of rotatable bonds is 3. The van der Waals surface area contributed by atoms with Gasteiger partial charge in [0.15, 0.2) is 0 Å². The van der Waals surface area contributed by atoms with Crippen LogP contribution in [0.25, 0.3) is 0 Å². The van der Waals surface area contributed by atoms with Crippen molar-refractivity contribution in [2.45, 2.75) is 6.04 Å². The summed E-state index contributed by atoms with van der Waals surface area (Å²) >= 11 is 0. The molecule has 1 aliphatic rings. The van der Waals surface area contributed by atoms with Crippen molar-refractivity contribution in [2.24, 2.45) is 4.99 Å². The van der Waals surface area contributed by atoms with E-state index in [1.807, 2.05) is 5.32 Å². The molecule has 20 heavy (non-hydrogen) atoms. The van der Waals surface area contributed by atoms with Crippen LogP contribution in [0.3, 0.4) is 0 Å². The number of hydrogen-bond donors (Lipinski definition) is 3. The van der Waals surface area contributed by atoms with Crippen LogP contribution in [0.15, 0.2) is 23.2 Å². The number of nitrogens with one attached hydrogen (secondary N) is 2. The lowest BCUT2D eigenvalue weighted by molar-refractivity contribution is -0.384. The maximum Gasteiger partial charge on any atom is 0.321 e. The van der Waals surface area contributed by atoms with Crippen molar-refractivity contribution in [1.29, 1.82) is 0 Å². The van der Waals surface area contributed by atoms with E-state index in [-0.39, 0.29) is 23.5 Å². The first-order valence-corrected chi connectivity index (χ1v) is 5.56. The molecule has 0 aromatic heterocycles. The average Bonchev–Trinajstić information content (AvgIpc) is 2.39. The highest BCUT2D eigenvalue weighted by Gasteiger charge is 2.24. The van der Waals surface area contributed by atoms with Gasteiger partial charge in [-0.25, -0.2) is 4.79 Å². The Kier molecular flexibility index (Phi) is 3.60. The number of nitro groups is 1. The van der Waals surface area contributed by atoms with Gasteiger partial charge in [-0.1, -0.05) is 0 Å². The smallest absolute Gasteiger partial charge is 0.321 e. The molecule has 0 saturated carbocycles. The molecule has 1 fully saturated rings. The van der Waals surface area contributed by atoms with E-state index < -0.39 is 22.9 Å². The van der Waals surface area contributed by atoms with Gasteiger partial charge in [-0.05, 0) is 6.07 Å². The van der Waals surface area contributed by atoms with Gasteiger partial charge in [0.1, 0.15) is 11.8 Å². The van der Waals surface area contributed by atoms with Crippen molar-refractivity contribution in [3.63, 3.8) is 0 Å². The van der Waals surface area contributed by atoms with Crippen LogP contribution in [0.5, 0.6) is 5.75 Å². The molecule has 0 spiro atoms. The lowest BCUT2D eigenvalue weighted by atomic mass is 10.2. The Morgan fingerprint density at radius 3 is 2.85 bits per heavy atom. The second kappa shape index (κ2) is 5.34. The minimum Gasteiger partial charge on any atom is -0.507 e. The molecule has 1 heterocycles. The molecule has 3 amide bonds. The minimum atomic E-state index is -0.841. The topological polar surface area (TPSA) is 134 Å². The quantitative estimate of drug-likeness (QED) is 0.404. The SMILES string of the molecule is O=C1NCC(N=Cc2cc([N+](=O)[O-])ccc2O)C(=O)N1. The number of carbonyl (C=O) groups is 2. The van der Waals surface area contributed by atoms with E-state index in [1.165, 1.54) is 6.07 Å².